The molecule has 1 heterocycles. The summed E-state index contributed by atoms with van der Waals surface area (Å²) in [6.07, 6.45) is 5.26. The number of hydrogen-bond acceptors (Lipinski definition) is 2. The molecule has 0 aliphatic carbocycles. The number of amides is 1. The fourth-order valence-electron chi connectivity index (χ4n) is 1.96. The van der Waals surface area contributed by atoms with Crippen LogP contribution in [0, 0.1) is 29.9 Å². The highest BCUT2D eigenvalue weighted by Gasteiger charge is 2.32. The van der Waals surface area contributed by atoms with Gasteiger partial charge in [0.1, 0.15) is 0 Å². The van der Waals surface area contributed by atoms with Crippen molar-refractivity contribution in [3.8, 4) is 12.3 Å². The van der Waals surface area contributed by atoms with E-state index in [4.69, 9.17) is 11.5 Å². The van der Waals surface area contributed by atoms with Gasteiger partial charge in [0.15, 0.2) is 11.6 Å². The van der Waals surface area contributed by atoms with Crippen LogP contribution in [0.15, 0.2) is 12.1 Å². The Balaban J connectivity index is 2.43. The average Bonchev–Trinajstić information content (AvgIpc) is 2.73. The van der Waals surface area contributed by atoms with E-state index in [1.54, 1.807) is 0 Å². The van der Waals surface area contributed by atoms with Gasteiger partial charge in [-0.25, -0.2) is 13.6 Å². The Morgan fingerprint density at radius 1 is 1.42 bits per heavy atom. The number of carboxylic acid groups (broad SMARTS) is 1. The van der Waals surface area contributed by atoms with Crippen LogP contribution >= 0.6 is 0 Å². The molecule has 1 unspecified atom stereocenters. The summed E-state index contributed by atoms with van der Waals surface area (Å²) in [7, 11) is 0. The summed E-state index contributed by atoms with van der Waals surface area (Å²) in [6, 6.07) is 1.99. The third-order valence-electron chi connectivity index (χ3n) is 2.94. The molecule has 1 aliphatic heterocycles. The molecule has 19 heavy (non-hydrogen) atoms. The number of carbonyl (C=O) groups excluding carboxylic acids is 1. The topological polar surface area (TPSA) is 57.6 Å². The van der Waals surface area contributed by atoms with Gasteiger partial charge in [-0.05, 0) is 12.1 Å². The number of carbonyl (C=O) groups is 2. The molecular formula is C13H9F2NO3. The number of terminal acetylenes is 1. The monoisotopic (exact) mass is 265 g/mol. The zero-order chi connectivity index (χ0) is 14.2. The predicted octanol–water partition coefficient (Wildman–Crippen LogP) is 1.65. The smallest absolute Gasteiger partial charge is 0.338 e. The molecule has 1 fully saturated rings. The number of rotatable bonds is 2. The van der Waals surface area contributed by atoms with Crippen molar-refractivity contribution in [3.63, 3.8) is 0 Å². The molecule has 0 saturated carbocycles. The van der Waals surface area contributed by atoms with Crippen LogP contribution in [0.4, 0.5) is 14.5 Å². The lowest BCUT2D eigenvalue weighted by Gasteiger charge is -2.17. The Hall–Kier alpha value is -2.42. The SMILES string of the molecule is C#CC1CC(=O)N(c2ccc(C(=O)O)c(F)c2F)C1. The second-order valence-corrected chi connectivity index (χ2v) is 4.14. The second-order valence-electron chi connectivity index (χ2n) is 4.14. The maximum absolute atomic E-state index is 13.8. The standard InChI is InChI=1S/C13H9F2NO3/c1-2-7-5-10(17)16(6-7)9-4-3-8(13(18)19)11(14)12(9)15/h1,3-4,7H,5-6H2,(H,18,19). The van der Waals surface area contributed by atoms with Gasteiger partial charge >= 0.3 is 5.97 Å². The Kier molecular flexibility index (Phi) is 3.21. The van der Waals surface area contributed by atoms with Crippen LogP contribution in [0.3, 0.4) is 0 Å². The molecule has 1 atom stereocenters. The first-order chi connectivity index (χ1) is 8.95. The van der Waals surface area contributed by atoms with Crippen molar-refractivity contribution >= 4 is 17.6 Å². The highest BCUT2D eigenvalue weighted by Crippen LogP contribution is 2.29. The van der Waals surface area contributed by atoms with E-state index < -0.39 is 29.1 Å². The Morgan fingerprint density at radius 3 is 2.63 bits per heavy atom. The number of carboxylic acids is 1. The van der Waals surface area contributed by atoms with Crippen LogP contribution in [0.25, 0.3) is 0 Å². The normalized spacial score (nSPS) is 18.5. The minimum Gasteiger partial charge on any atom is -0.478 e. The quantitative estimate of drug-likeness (QED) is 0.827. The van der Waals surface area contributed by atoms with Gasteiger partial charge in [-0.15, -0.1) is 12.3 Å². The van der Waals surface area contributed by atoms with Crippen LogP contribution < -0.4 is 4.90 Å². The van der Waals surface area contributed by atoms with Gasteiger partial charge in [-0.2, -0.15) is 0 Å². The zero-order valence-corrected chi connectivity index (χ0v) is 9.69. The number of aromatic carboxylic acids is 1. The molecule has 98 valence electrons. The van der Waals surface area contributed by atoms with Gasteiger partial charge in [0.25, 0.3) is 0 Å². The van der Waals surface area contributed by atoms with Crippen molar-refractivity contribution in [2.45, 2.75) is 6.42 Å². The van der Waals surface area contributed by atoms with Crippen molar-refractivity contribution in [1.29, 1.82) is 0 Å². The molecule has 0 bridgehead atoms. The van der Waals surface area contributed by atoms with E-state index in [0.717, 1.165) is 17.0 Å². The summed E-state index contributed by atoms with van der Waals surface area (Å²) in [5, 5.41) is 8.66. The fourth-order valence-corrected chi connectivity index (χ4v) is 1.96. The lowest BCUT2D eigenvalue weighted by molar-refractivity contribution is -0.117. The largest absolute Gasteiger partial charge is 0.478 e. The maximum Gasteiger partial charge on any atom is 0.338 e. The number of hydrogen-bond donors (Lipinski definition) is 1. The van der Waals surface area contributed by atoms with Gasteiger partial charge in [-0.1, -0.05) is 0 Å². The summed E-state index contributed by atoms with van der Waals surface area (Å²) in [5.41, 5.74) is -1.06. The molecule has 0 aromatic heterocycles. The predicted molar refractivity (Wildman–Crippen MR) is 62.6 cm³/mol. The van der Waals surface area contributed by atoms with Crippen molar-refractivity contribution in [2.75, 3.05) is 11.4 Å². The van der Waals surface area contributed by atoms with Crippen LogP contribution in [-0.2, 0) is 4.79 Å². The summed E-state index contributed by atoms with van der Waals surface area (Å²) in [4.78, 5) is 23.3. The van der Waals surface area contributed by atoms with Gasteiger partial charge in [0.05, 0.1) is 11.3 Å². The van der Waals surface area contributed by atoms with Crippen LogP contribution in [0.1, 0.15) is 16.8 Å². The number of benzene rings is 1. The minimum atomic E-state index is -1.57. The van der Waals surface area contributed by atoms with Gasteiger partial charge in [0, 0.05) is 18.9 Å². The number of nitrogens with zero attached hydrogens (tertiary/aromatic N) is 1. The Morgan fingerprint density at radius 2 is 2.11 bits per heavy atom. The van der Waals surface area contributed by atoms with Crippen molar-refractivity contribution < 1.29 is 23.5 Å². The molecule has 0 radical (unpaired) electrons. The minimum absolute atomic E-state index is 0.0677. The molecule has 2 rings (SSSR count). The van der Waals surface area contributed by atoms with E-state index in [1.165, 1.54) is 0 Å². The average molecular weight is 265 g/mol. The Labute approximate surface area is 107 Å². The van der Waals surface area contributed by atoms with Crippen molar-refractivity contribution in [3.05, 3.63) is 29.3 Å². The first-order valence-corrected chi connectivity index (χ1v) is 5.43. The molecule has 1 aliphatic rings. The highest BCUT2D eigenvalue weighted by molar-refractivity contribution is 5.97. The Bertz CT molecular complexity index is 607. The molecule has 1 amide bonds. The van der Waals surface area contributed by atoms with Crippen LogP contribution in [-0.4, -0.2) is 23.5 Å². The van der Waals surface area contributed by atoms with E-state index in [1.807, 2.05) is 0 Å². The van der Waals surface area contributed by atoms with Gasteiger partial charge in [-0.3, -0.25) is 4.79 Å². The fraction of sp³-hybridized carbons (Fsp3) is 0.231. The molecule has 1 aromatic rings. The van der Waals surface area contributed by atoms with Crippen LogP contribution in [0.5, 0.6) is 0 Å². The molecule has 6 heteroatoms. The molecule has 1 N–H and O–H groups in total. The van der Waals surface area contributed by atoms with Crippen LogP contribution in [0.2, 0.25) is 0 Å². The first-order valence-electron chi connectivity index (χ1n) is 5.43. The zero-order valence-electron chi connectivity index (χ0n) is 9.69. The molecule has 1 aromatic carbocycles. The third kappa shape index (κ3) is 2.15. The maximum atomic E-state index is 13.8. The summed E-state index contributed by atoms with van der Waals surface area (Å²) < 4.78 is 27.3. The molecule has 1 saturated heterocycles. The lowest BCUT2D eigenvalue weighted by atomic mass is 10.1. The van der Waals surface area contributed by atoms with E-state index in [9.17, 15) is 18.4 Å². The molecular weight excluding hydrogens is 256 g/mol. The third-order valence-corrected chi connectivity index (χ3v) is 2.94. The van der Waals surface area contributed by atoms with Crippen molar-refractivity contribution in [2.24, 2.45) is 5.92 Å². The second kappa shape index (κ2) is 4.69. The van der Waals surface area contributed by atoms with E-state index >= 15 is 0 Å². The first kappa shape index (κ1) is 13.0. The van der Waals surface area contributed by atoms with E-state index in [-0.39, 0.29) is 24.6 Å². The van der Waals surface area contributed by atoms with Crippen molar-refractivity contribution in [1.82, 2.24) is 0 Å². The van der Waals surface area contributed by atoms with E-state index in [0.29, 0.717) is 0 Å². The number of halogens is 2. The van der Waals surface area contributed by atoms with Gasteiger partial charge in [0.2, 0.25) is 5.91 Å². The number of anilines is 1. The summed E-state index contributed by atoms with van der Waals surface area (Å²) in [6.45, 7) is 0.0953. The highest BCUT2D eigenvalue weighted by atomic mass is 19.2. The summed E-state index contributed by atoms with van der Waals surface area (Å²) in [5.74, 6) is -2.79. The molecule has 0 spiro atoms. The van der Waals surface area contributed by atoms with Gasteiger partial charge < -0.3 is 10.0 Å². The van der Waals surface area contributed by atoms with E-state index in [2.05, 4.69) is 5.92 Å². The lowest BCUT2D eigenvalue weighted by Crippen LogP contribution is -2.26. The molecule has 4 nitrogen and oxygen atoms in total. The summed E-state index contributed by atoms with van der Waals surface area (Å²) >= 11 is 0.